The molecule has 0 aliphatic carbocycles. The molecule has 4 nitrogen and oxygen atoms in total. The molecular formula is C12H16ClF3N2O2. The molecule has 0 aromatic heterocycles. The number of hydrogen-bond donors (Lipinski definition) is 2. The molecule has 1 rings (SSSR count). The van der Waals surface area contributed by atoms with Crippen LogP contribution in [0.5, 0.6) is 5.75 Å². The van der Waals surface area contributed by atoms with E-state index in [1.807, 2.05) is 0 Å². The van der Waals surface area contributed by atoms with E-state index in [1.54, 1.807) is 13.8 Å². The number of nitrogens with two attached hydrogens (primary N) is 1. The van der Waals surface area contributed by atoms with E-state index >= 15 is 0 Å². The molecule has 1 atom stereocenters. The summed E-state index contributed by atoms with van der Waals surface area (Å²) in [4.78, 5) is 11.6. The van der Waals surface area contributed by atoms with E-state index in [1.165, 1.54) is 6.07 Å². The van der Waals surface area contributed by atoms with Crippen molar-refractivity contribution in [1.82, 2.24) is 0 Å². The summed E-state index contributed by atoms with van der Waals surface area (Å²) in [6.45, 7) is 0.429. The molecule has 114 valence electrons. The molecule has 0 unspecified atom stereocenters. The van der Waals surface area contributed by atoms with E-state index in [0.29, 0.717) is 0 Å². The Morgan fingerprint density at radius 2 is 1.95 bits per heavy atom. The number of alkyl halides is 2. The van der Waals surface area contributed by atoms with Crippen LogP contribution in [0.25, 0.3) is 0 Å². The molecule has 8 heteroatoms. The second-order valence-electron chi connectivity index (χ2n) is 4.28. The topological polar surface area (TPSA) is 64.4 Å². The lowest BCUT2D eigenvalue weighted by molar-refractivity contribution is -0.118. The molecule has 0 aliphatic heterocycles. The van der Waals surface area contributed by atoms with Crippen LogP contribution in [0.2, 0.25) is 0 Å². The molecule has 1 aromatic rings. The van der Waals surface area contributed by atoms with Crippen molar-refractivity contribution in [3.8, 4) is 5.75 Å². The van der Waals surface area contributed by atoms with Crippen molar-refractivity contribution in [2.45, 2.75) is 26.5 Å². The molecule has 1 aromatic carbocycles. The summed E-state index contributed by atoms with van der Waals surface area (Å²) in [5.74, 6) is -2.12. The number of rotatable bonds is 5. The number of ether oxygens (including phenoxy) is 1. The summed E-state index contributed by atoms with van der Waals surface area (Å²) < 4.78 is 41.2. The SMILES string of the molecule is CC(C)[C@H](N)C(=O)Nc1ccc(OC(F)F)c(F)c1.Cl. The van der Waals surface area contributed by atoms with Gasteiger partial charge in [0.15, 0.2) is 11.6 Å². The van der Waals surface area contributed by atoms with Gasteiger partial charge in [-0.1, -0.05) is 13.8 Å². The van der Waals surface area contributed by atoms with Crippen molar-refractivity contribution in [3.05, 3.63) is 24.0 Å². The van der Waals surface area contributed by atoms with Crippen molar-refractivity contribution >= 4 is 24.0 Å². The quantitative estimate of drug-likeness (QED) is 0.878. The van der Waals surface area contributed by atoms with Gasteiger partial charge in [0.2, 0.25) is 5.91 Å². The number of anilines is 1. The second-order valence-corrected chi connectivity index (χ2v) is 4.28. The molecule has 0 aliphatic rings. The van der Waals surface area contributed by atoms with Gasteiger partial charge in [-0.3, -0.25) is 4.79 Å². The Bertz CT molecular complexity index is 458. The largest absolute Gasteiger partial charge is 0.432 e. The van der Waals surface area contributed by atoms with Crippen LogP contribution in [0.3, 0.4) is 0 Å². The number of nitrogens with one attached hydrogen (secondary N) is 1. The fraction of sp³-hybridized carbons (Fsp3) is 0.417. The van der Waals surface area contributed by atoms with Crippen LogP contribution in [-0.4, -0.2) is 18.6 Å². The standard InChI is InChI=1S/C12H15F3N2O2.ClH/c1-6(2)10(16)11(18)17-7-3-4-9(8(13)5-7)19-12(14)15;/h3-6,10,12H,16H2,1-2H3,(H,17,18);1H/t10-;/m0./s1. The lowest BCUT2D eigenvalue weighted by atomic mass is 10.0. The van der Waals surface area contributed by atoms with E-state index < -0.39 is 30.1 Å². The molecule has 0 heterocycles. The maximum absolute atomic E-state index is 13.4. The minimum absolute atomic E-state index is 0. The molecule has 1 amide bonds. The van der Waals surface area contributed by atoms with Crippen molar-refractivity contribution in [2.24, 2.45) is 11.7 Å². The van der Waals surface area contributed by atoms with Crippen molar-refractivity contribution in [2.75, 3.05) is 5.32 Å². The zero-order valence-corrected chi connectivity index (χ0v) is 11.7. The number of amides is 1. The Balaban J connectivity index is 0.00000361. The summed E-state index contributed by atoms with van der Waals surface area (Å²) in [6, 6.07) is 2.42. The summed E-state index contributed by atoms with van der Waals surface area (Å²) >= 11 is 0. The molecule has 0 radical (unpaired) electrons. The zero-order chi connectivity index (χ0) is 14.6. The Morgan fingerprint density at radius 1 is 1.35 bits per heavy atom. The average Bonchev–Trinajstić information content (AvgIpc) is 2.31. The second kappa shape index (κ2) is 7.96. The van der Waals surface area contributed by atoms with Gasteiger partial charge >= 0.3 is 6.61 Å². The van der Waals surface area contributed by atoms with Crippen molar-refractivity contribution < 1.29 is 22.7 Å². The van der Waals surface area contributed by atoms with Crippen LogP contribution in [-0.2, 0) is 4.79 Å². The molecule has 3 N–H and O–H groups in total. The van der Waals surface area contributed by atoms with Gasteiger partial charge in [-0.05, 0) is 18.1 Å². The van der Waals surface area contributed by atoms with E-state index in [4.69, 9.17) is 5.73 Å². The van der Waals surface area contributed by atoms with Gasteiger partial charge in [0.1, 0.15) is 0 Å². The van der Waals surface area contributed by atoms with Gasteiger partial charge in [-0.2, -0.15) is 8.78 Å². The molecule has 0 bridgehead atoms. The lowest BCUT2D eigenvalue weighted by Gasteiger charge is -2.15. The van der Waals surface area contributed by atoms with Crippen LogP contribution in [0.15, 0.2) is 18.2 Å². The first-order valence-corrected chi connectivity index (χ1v) is 5.62. The van der Waals surface area contributed by atoms with Gasteiger partial charge in [-0.15, -0.1) is 12.4 Å². The predicted molar refractivity (Wildman–Crippen MR) is 71.7 cm³/mol. The molecule has 0 saturated heterocycles. The highest BCUT2D eigenvalue weighted by Gasteiger charge is 2.18. The van der Waals surface area contributed by atoms with Gasteiger partial charge in [0.05, 0.1) is 6.04 Å². The van der Waals surface area contributed by atoms with Gasteiger partial charge in [0.25, 0.3) is 0 Å². The van der Waals surface area contributed by atoms with E-state index in [2.05, 4.69) is 10.1 Å². The molecular weight excluding hydrogens is 297 g/mol. The van der Waals surface area contributed by atoms with E-state index in [0.717, 1.165) is 12.1 Å². The molecule has 0 saturated carbocycles. The highest BCUT2D eigenvalue weighted by molar-refractivity contribution is 5.94. The summed E-state index contributed by atoms with van der Waals surface area (Å²) in [5.41, 5.74) is 5.74. The van der Waals surface area contributed by atoms with Gasteiger partial charge in [-0.25, -0.2) is 4.39 Å². The van der Waals surface area contributed by atoms with Crippen molar-refractivity contribution in [1.29, 1.82) is 0 Å². The average molecular weight is 313 g/mol. The monoisotopic (exact) mass is 312 g/mol. The maximum atomic E-state index is 13.4. The Morgan fingerprint density at radius 3 is 2.40 bits per heavy atom. The van der Waals surface area contributed by atoms with E-state index in [9.17, 15) is 18.0 Å². The van der Waals surface area contributed by atoms with Crippen molar-refractivity contribution in [3.63, 3.8) is 0 Å². The first kappa shape index (κ1) is 18.5. The Kier molecular flexibility index (Phi) is 7.38. The number of halogens is 4. The number of carbonyl (C=O) groups excluding carboxylic acids is 1. The third kappa shape index (κ3) is 5.26. The first-order chi connectivity index (χ1) is 8.81. The number of hydrogen-bond acceptors (Lipinski definition) is 3. The zero-order valence-electron chi connectivity index (χ0n) is 10.9. The van der Waals surface area contributed by atoms with Crippen LogP contribution in [0.1, 0.15) is 13.8 Å². The minimum atomic E-state index is -3.11. The highest BCUT2D eigenvalue weighted by Crippen LogP contribution is 2.23. The first-order valence-electron chi connectivity index (χ1n) is 5.62. The lowest BCUT2D eigenvalue weighted by Crippen LogP contribution is -2.39. The summed E-state index contributed by atoms with van der Waals surface area (Å²) in [6.07, 6.45) is 0. The third-order valence-corrected chi connectivity index (χ3v) is 2.44. The Labute approximate surface area is 120 Å². The minimum Gasteiger partial charge on any atom is -0.432 e. The summed E-state index contributed by atoms with van der Waals surface area (Å²) in [7, 11) is 0. The predicted octanol–water partition coefficient (Wildman–Crippen LogP) is 2.77. The normalized spacial score (nSPS) is 12.0. The smallest absolute Gasteiger partial charge is 0.387 e. The number of carbonyl (C=O) groups is 1. The highest BCUT2D eigenvalue weighted by atomic mass is 35.5. The molecule has 0 spiro atoms. The van der Waals surface area contributed by atoms with Crippen LogP contribution in [0.4, 0.5) is 18.9 Å². The number of benzene rings is 1. The van der Waals surface area contributed by atoms with Gasteiger partial charge < -0.3 is 15.8 Å². The third-order valence-electron chi connectivity index (χ3n) is 2.44. The van der Waals surface area contributed by atoms with Crippen LogP contribution in [0, 0.1) is 11.7 Å². The van der Waals surface area contributed by atoms with Crippen LogP contribution >= 0.6 is 12.4 Å². The maximum Gasteiger partial charge on any atom is 0.387 e. The van der Waals surface area contributed by atoms with Gasteiger partial charge in [0, 0.05) is 11.8 Å². The molecule has 20 heavy (non-hydrogen) atoms. The summed E-state index contributed by atoms with van der Waals surface area (Å²) in [5, 5.41) is 2.40. The fourth-order valence-electron chi connectivity index (χ4n) is 1.30. The van der Waals surface area contributed by atoms with E-state index in [-0.39, 0.29) is 24.0 Å². The fourth-order valence-corrected chi connectivity index (χ4v) is 1.30. The Hall–Kier alpha value is -1.47. The molecule has 0 fully saturated rings. The van der Waals surface area contributed by atoms with Crippen LogP contribution < -0.4 is 15.8 Å².